The lowest BCUT2D eigenvalue weighted by molar-refractivity contribution is -0.391. The molecule has 0 saturated carbocycles. The van der Waals surface area contributed by atoms with Crippen LogP contribution < -0.4 is 15.2 Å². The average Bonchev–Trinajstić information content (AvgIpc) is 3.09. The number of rotatable bonds is 6. The normalized spacial score (nSPS) is 12.0. The van der Waals surface area contributed by atoms with Gasteiger partial charge < -0.3 is 25.3 Å². The van der Waals surface area contributed by atoms with Crippen molar-refractivity contribution < 1.29 is 19.2 Å². The van der Waals surface area contributed by atoms with E-state index in [0.717, 1.165) is 0 Å². The van der Waals surface area contributed by atoms with Crippen molar-refractivity contribution in [1.29, 1.82) is 0 Å². The molecule has 1 unspecified atom stereocenters. The van der Waals surface area contributed by atoms with Crippen molar-refractivity contribution in [3.05, 3.63) is 46.0 Å². The fourth-order valence-electron chi connectivity index (χ4n) is 1.95. The SMILES string of the molecule is CC(Oc1ccc(Oc2nc3sccn3c2[N+](=O)[O-])cc1)C(N)=O. The Hall–Kier alpha value is -3.14. The molecule has 1 aromatic carbocycles. The number of fused-ring (bicyclic) bond motifs is 1. The smallest absolute Gasteiger partial charge is 0.393 e. The van der Waals surface area contributed by atoms with Gasteiger partial charge in [-0.2, -0.15) is 9.38 Å². The van der Waals surface area contributed by atoms with Crippen molar-refractivity contribution in [1.82, 2.24) is 9.38 Å². The zero-order valence-electron chi connectivity index (χ0n) is 12.4. The van der Waals surface area contributed by atoms with Crippen molar-refractivity contribution in [2.24, 2.45) is 5.73 Å². The summed E-state index contributed by atoms with van der Waals surface area (Å²) in [4.78, 5) is 26.2. The van der Waals surface area contributed by atoms with Gasteiger partial charge in [0.15, 0.2) is 6.10 Å². The number of benzene rings is 1. The number of thiazole rings is 1. The van der Waals surface area contributed by atoms with E-state index in [1.807, 2.05) is 0 Å². The van der Waals surface area contributed by atoms with E-state index in [9.17, 15) is 14.9 Å². The Morgan fingerprint density at radius 3 is 2.67 bits per heavy atom. The van der Waals surface area contributed by atoms with Crippen LogP contribution in [-0.4, -0.2) is 26.3 Å². The highest BCUT2D eigenvalue weighted by Crippen LogP contribution is 2.33. The number of imidazole rings is 1. The second-order valence-electron chi connectivity index (χ2n) is 4.79. The lowest BCUT2D eigenvalue weighted by atomic mass is 10.3. The number of aromatic nitrogens is 2. The van der Waals surface area contributed by atoms with E-state index in [2.05, 4.69) is 4.98 Å². The number of hydrogen-bond acceptors (Lipinski definition) is 7. The fraction of sp³-hybridized carbons (Fsp3) is 0.143. The number of amides is 1. The molecule has 0 saturated heterocycles. The Bertz CT molecular complexity index is 902. The van der Waals surface area contributed by atoms with Gasteiger partial charge in [-0.3, -0.25) is 4.79 Å². The molecule has 0 fully saturated rings. The Morgan fingerprint density at radius 2 is 2.04 bits per heavy atom. The summed E-state index contributed by atoms with van der Waals surface area (Å²) in [5, 5.41) is 12.9. The van der Waals surface area contributed by atoms with E-state index in [1.54, 1.807) is 35.8 Å². The quantitative estimate of drug-likeness (QED) is 0.539. The first-order valence-corrected chi connectivity index (χ1v) is 7.67. The van der Waals surface area contributed by atoms with E-state index in [0.29, 0.717) is 16.5 Å². The second-order valence-corrected chi connectivity index (χ2v) is 5.66. The average molecular weight is 348 g/mol. The lowest BCUT2D eigenvalue weighted by Gasteiger charge is -2.11. The molecule has 0 spiro atoms. The number of nitrogens with two attached hydrogens (primary N) is 1. The maximum absolute atomic E-state index is 11.2. The van der Waals surface area contributed by atoms with Gasteiger partial charge in [0, 0.05) is 5.38 Å². The third-order valence-electron chi connectivity index (χ3n) is 3.13. The predicted octanol–water partition coefficient (Wildman–Crippen LogP) is 2.35. The predicted molar refractivity (Wildman–Crippen MR) is 85.5 cm³/mol. The molecule has 0 aliphatic carbocycles. The highest BCUT2D eigenvalue weighted by atomic mass is 32.1. The van der Waals surface area contributed by atoms with Crippen LogP contribution in [0.5, 0.6) is 17.4 Å². The zero-order valence-corrected chi connectivity index (χ0v) is 13.2. The highest BCUT2D eigenvalue weighted by molar-refractivity contribution is 7.15. The van der Waals surface area contributed by atoms with E-state index < -0.39 is 16.9 Å². The third-order valence-corrected chi connectivity index (χ3v) is 3.89. The minimum absolute atomic E-state index is 0.0916. The lowest BCUT2D eigenvalue weighted by Crippen LogP contribution is -2.30. The summed E-state index contributed by atoms with van der Waals surface area (Å²) in [5.74, 6) is -0.138. The summed E-state index contributed by atoms with van der Waals surface area (Å²) in [6.45, 7) is 1.54. The second kappa shape index (κ2) is 6.16. The number of primary amides is 1. The van der Waals surface area contributed by atoms with Gasteiger partial charge in [-0.25, -0.2) is 0 Å². The van der Waals surface area contributed by atoms with Crippen LogP contribution in [0.2, 0.25) is 0 Å². The number of carbonyl (C=O) groups is 1. The van der Waals surface area contributed by atoms with E-state index in [-0.39, 0.29) is 11.7 Å². The van der Waals surface area contributed by atoms with Crippen molar-refractivity contribution in [3.63, 3.8) is 0 Å². The van der Waals surface area contributed by atoms with Crippen molar-refractivity contribution in [2.45, 2.75) is 13.0 Å². The first-order chi connectivity index (χ1) is 11.5. The summed E-state index contributed by atoms with van der Waals surface area (Å²) < 4.78 is 12.2. The molecule has 2 heterocycles. The number of hydrogen-bond donors (Lipinski definition) is 1. The minimum Gasteiger partial charge on any atom is -0.481 e. The van der Waals surface area contributed by atoms with Gasteiger partial charge in [-0.1, -0.05) is 11.3 Å². The van der Waals surface area contributed by atoms with Gasteiger partial charge in [-0.15, -0.1) is 0 Å². The molecule has 10 heteroatoms. The van der Waals surface area contributed by atoms with Gasteiger partial charge in [-0.05, 0) is 36.1 Å². The van der Waals surface area contributed by atoms with Gasteiger partial charge in [0.05, 0.1) is 0 Å². The monoisotopic (exact) mass is 348 g/mol. The Balaban J connectivity index is 1.81. The summed E-state index contributed by atoms with van der Waals surface area (Å²) in [6.07, 6.45) is 0.790. The number of nitrogens with zero attached hydrogens (tertiary/aromatic N) is 3. The molecular weight excluding hydrogens is 336 g/mol. The zero-order chi connectivity index (χ0) is 17.3. The summed E-state index contributed by atoms with van der Waals surface area (Å²) >= 11 is 1.27. The van der Waals surface area contributed by atoms with Crippen LogP contribution >= 0.6 is 11.3 Å². The summed E-state index contributed by atoms with van der Waals surface area (Å²) in [6, 6.07) is 6.25. The molecule has 124 valence electrons. The van der Waals surface area contributed by atoms with Crippen LogP contribution in [0.15, 0.2) is 35.8 Å². The molecule has 24 heavy (non-hydrogen) atoms. The van der Waals surface area contributed by atoms with E-state index in [1.165, 1.54) is 22.7 Å². The Morgan fingerprint density at radius 1 is 1.38 bits per heavy atom. The van der Waals surface area contributed by atoms with Gasteiger partial charge >= 0.3 is 11.7 Å². The minimum atomic E-state index is -0.766. The molecule has 1 amide bonds. The molecule has 2 N–H and O–H groups in total. The molecule has 0 aliphatic heterocycles. The summed E-state index contributed by atoms with van der Waals surface area (Å²) in [5.41, 5.74) is 5.13. The van der Waals surface area contributed by atoms with Crippen LogP contribution in [-0.2, 0) is 4.79 Å². The molecule has 1 atom stereocenters. The van der Waals surface area contributed by atoms with E-state index in [4.69, 9.17) is 15.2 Å². The van der Waals surface area contributed by atoms with Crippen LogP contribution in [0, 0.1) is 10.1 Å². The molecule has 9 nitrogen and oxygen atoms in total. The topological polar surface area (TPSA) is 122 Å². The maximum atomic E-state index is 11.2. The molecule has 0 aliphatic rings. The van der Waals surface area contributed by atoms with Crippen LogP contribution in [0.1, 0.15) is 6.92 Å². The van der Waals surface area contributed by atoms with Crippen molar-refractivity contribution in [2.75, 3.05) is 0 Å². The third kappa shape index (κ3) is 2.99. The van der Waals surface area contributed by atoms with Crippen molar-refractivity contribution >= 4 is 28.0 Å². The van der Waals surface area contributed by atoms with Gasteiger partial charge in [0.2, 0.25) is 0 Å². The molecule has 2 aromatic heterocycles. The number of carbonyl (C=O) groups excluding carboxylic acids is 1. The molecule has 3 rings (SSSR count). The van der Waals surface area contributed by atoms with Crippen molar-refractivity contribution in [3.8, 4) is 17.4 Å². The van der Waals surface area contributed by atoms with Crippen LogP contribution in [0.3, 0.4) is 0 Å². The number of ether oxygens (including phenoxy) is 2. The molecule has 0 bridgehead atoms. The van der Waals surface area contributed by atoms with Gasteiger partial charge in [0.1, 0.15) is 17.7 Å². The Kier molecular flexibility index (Phi) is 4.04. The molecule has 0 radical (unpaired) electrons. The first-order valence-electron chi connectivity index (χ1n) is 6.79. The van der Waals surface area contributed by atoms with Crippen LogP contribution in [0.4, 0.5) is 5.82 Å². The van der Waals surface area contributed by atoms with E-state index >= 15 is 0 Å². The molecule has 3 aromatic rings. The largest absolute Gasteiger partial charge is 0.481 e. The van der Waals surface area contributed by atoms with Gasteiger partial charge in [0.25, 0.3) is 10.9 Å². The summed E-state index contributed by atoms with van der Waals surface area (Å²) in [7, 11) is 0. The molecular formula is C14H12N4O5S. The first kappa shape index (κ1) is 15.7. The highest BCUT2D eigenvalue weighted by Gasteiger charge is 2.25. The van der Waals surface area contributed by atoms with Crippen LogP contribution in [0.25, 0.3) is 4.96 Å². The standard InChI is InChI=1S/C14H12N4O5S/c1-8(11(15)19)22-9-2-4-10(5-3-9)23-12-13(18(20)21)17-6-7-24-14(17)16-12/h2-8H,1H3,(H2,15,19). The maximum Gasteiger partial charge on any atom is 0.393 e. The fourth-order valence-corrected chi connectivity index (χ4v) is 2.65. The number of nitro groups is 1. The Labute approximate surface area is 139 Å².